The lowest BCUT2D eigenvalue weighted by atomic mass is 10.1. The van der Waals surface area contributed by atoms with Gasteiger partial charge in [-0.15, -0.1) is 0 Å². The molecule has 0 fully saturated rings. The molecule has 29 heavy (non-hydrogen) atoms. The summed E-state index contributed by atoms with van der Waals surface area (Å²) in [6.45, 7) is 0.281. The van der Waals surface area contributed by atoms with Crippen LogP contribution in [-0.4, -0.2) is 16.9 Å². The molecule has 0 unspecified atom stereocenters. The summed E-state index contributed by atoms with van der Waals surface area (Å²) in [4.78, 5) is 13.5. The van der Waals surface area contributed by atoms with E-state index in [2.05, 4.69) is 29.4 Å². The van der Waals surface area contributed by atoms with Crippen LogP contribution < -0.4 is 10.3 Å². The van der Waals surface area contributed by atoms with Crippen LogP contribution in [0, 0.1) is 11.3 Å². The molecule has 0 spiro atoms. The van der Waals surface area contributed by atoms with Gasteiger partial charge in [-0.2, -0.15) is 10.4 Å². The summed E-state index contributed by atoms with van der Waals surface area (Å²) in [6.07, 6.45) is 0. The maximum atomic E-state index is 12.6. The molecule has 1 heterocycles. The minimum Gasteiger partial charge on any atom is -0.497 e. The number of fused-ring (bicyclic) bond motifs is 1. The average molecular weight is 399 g/mol. The average Bonchev–Trinajstić information content (AvgIpc) is 2.76. The molecule has 4 aromatic rings. The smallest absolute Gasteiger partial charge is 0.285 e. The van der Waals surface area contributed by atoms with Gasteiger partial charge >= 0.3 is 0 Å². The van der Waals surface area contributed by atoms with Crippen LogP contribution in [-0.2, 0) is 6.54 Å². The van der Waals surface area contributed by atoms with Crippen molar-refractivity contribution in [2.45, 2.75) is 16.5 Å². The Morgan fingerprint density at radius 1 is 1.03 bits per heavy atom. The maximum absolute atomic E-state index is 12.6. The minimum absolute atomic E-state index is 0.0804. The van der Waals surface area contributed by atoms with E-state index in [4.69, 9.17) is 4.74 Å². The minimum atomic E-state index is -0.397. The SMILES string of the molecule is COc1ccc(Cn2nc(Sc3ccc4ccccc4c3)cc(C#N)c2=O)cc1. The number of ether oxygens (including phenoxy) is 1. The lowest BCUT2D eigenvalue weighted by Crippen LogP contribution is -2.26. The molecular weight excluding hydrogens is 382 g/mol. The van der Waals surface area contributed by atoms with Crippen molar-refractivity contribution in [3.63, 3.8) is 0 Å². The zero-order valence-electron chi connectivity index (χ0n) is 15.7. The van der Waals surface area contributed by atoms with E-state index in [1.807, 2.05) is 48.5 Å². The van der Waals surface area contributed by atoms with E-state index in [9.17, 15) is 10.1 Å². The van der Waals surface area contributed by atoms with Crippen LogP contribution in [0.5, 0.6) is 5.75 Å². The normalized spacial score (nSPS) is 10.6. The lowest BCUT2D eigenvalue weighted by Gasteiger charge is -2.09. The highest BCUT2D eigenvalue weighted by Crippen LogP contribution is 2.29. The topological polar surface area (TPSA) is 67.9 Å². The fourth-order valence-electron chi connectivity index (χ4n) is 3.01. The zero-order valence-corrected chi connectivity index (χ0v) is 16.5. The Hall–Kier alpha value is -3.56. The summed E-state index contributed by atoms with van der Waals surface area (Å²) in [6, 6.07) is 25.2. The molecule has 6 heteroatoms. The molecule has 0 saturated heterocycles. The van der Waals surface area contributed by atoms with Crippen molar-refractivity contribution in [1.29, 1.82) is 5.26 Å². The standard InChI is InChI=1S/C23H17N3O2S/c1-28-20-9-6-16(7-10-20)15-26-23(27)19(14-24)13-22(25-26)29-21-11-8-17-4-2-3-5-18(17)12-21/h2-13H,15H2,1H3. The summed E-state index contributed by atoms with van der Waals surface area (Å²) in [5.41, 5.74) is 0.583. The highest BCUT2D eigenvalue weighted by Gasteiger charge is 2.11. The van der Waals surface area contributed by atoms with Crippen molar-refractivity contribution in [1.82, 2.24) is 9.78 Å². The first-order valence-electron chi connectivity index (χ1n) is 8.98. The van der Waals surface area contributed by atoms with Gasteiger partial charge in [0.2, 0.25) is 0 Å². The number of benzene rings is 3. The number of nitriles is 1. The first-order chi connectivity index (χ1) is 14.2. The Morgan fingerprint density at radius 2 is 1.79 bits per heavy atom. The van der Waals surface area contributed by atoms with Crippen molar-refractivity contribution in [2.75, 3.05) is 7.11 Å². The Bertz CT molecular complexity index is 1270. The lowest BCUT2D eigenvalue weighted by molar-refractivity contribution is 0.414. The number of nitrogens with zero attached hydrogens (tertiary/aromatic N) is 3. The molecule has 0 aliphatic heterocycles. The van der Waals surface area contributed by atoms with Gasteiger partial charge in [0.1, 0.15) is 22.4 Å². The fourth-order valence-corrected chi connectivity index (χ4v) is 3.89. The van der Waals surface area contributed by atoms with Crippen molar-refractivity contribution < 1.29 is 4.74 Å². The van der Waals surface area contributed by atoms with Gasteiger partial charge in [0.25, 0.3) is 5.56 Å². The zero-order chi connectivity index (χ0) is 20.2. The number of rotatable bonds is 5. The van der Waals surface area contributed by atoms with Gasteiger partial charge in [-0.25, -0.2) is 4.68 Å². The van der Waals surface area contributed by atoms with Crippen molar-refractivity contribution in [2.24, 2.45) is 0 Å². The van der Waals surface area contributed by atoms with Crippen molar-refractivity contribution >= 4 is 22.5 Å². The van der Waals surface area contributed by atoms with Crippen molar-refractivity contribution in [3.05, 3.63) is 94.3 Å². The predicted octanol–water partition coefficient (Wildman–Crippen LogP) is 4.48. The second-order valence-electron chi connectivity index (χ2n) is 6.43. The number of aromatic nitrogens is 2. The molecule has 0 bridgehead atoms. The monoisotopic (exact) mass is 399 g/mol. The molecular formula is C23H17N3O2S. The first-order valence-corrected chi connectivity index (χ1v) is 9.80. The van der Waals surface area contributed by atoms with E-state index < -0.39 is 5.56 Å². The molecule has 0 aliphatic rings. The van der Waals surface area contributed by atoms with Gasteiger partial charge in [0.15, 0.2) is 0 Å². The molecule has 0 saturated carbocycles. The largest absolute Gasteiger partial charge is 0.497 e. The van der Waals surface area contributed by atoms with Crippen LogP contribution in [0.4, 0.5) is 0 Å². The third kappa shape index (κ3) is 4.15. The summed E-state index contributed by atoms with van der Waals surface area (Å²) in [5, 5.41) is 16.8. The molecule has 3 aromatic carbocycles. The first kappa shape index (κ1) is 18.8. The molecule has 0 atom stereocenters. The summed E-state index contributed by atoms with van der Waals surface area (Å²) in [5.74, 6) is 0.743. The third-order valence-electron chi connectivity index (χ3n) is 4.51. The third-order valence-corrected chi connectivity index (χ3v) is 5.41. The van der Waals surface area contributed by atoms with Crippen molar-refractivity contribution in [3.8, 4) is 11.8 Å². The molecule has 1 aromatic heterocycles. The Kier molecular flexibility index (Phi) is 5.32. The van der Waals surface area contributed by atoms with Crippen LogP contribution in [0.2, 0.25) is 0 Å². The highest BCUT2D eigenvalue weighted by molar-refractivity contribution is 7.99. The Labute approximate surface area is 172 Å². The molecule has 0 amide bonds. The van der Waals surface area contributed by atoms with E-state index in [0.29, 0.717) is 5.03 Å². The second kappa shape index (κ2) is 8.21. The quantitative estimate of drug-likeness (QED) is 0.495. The van der Waals surface area contributed by atoms with Crippen LogP contribution in [0.15, 0.2) is 87.5 Å². The summed E-state index contributed by atoms with van der Waals surface area (Å²) >= 11 is 1.43. The van der Waals surface area contributed by atoms with E-state index >= 15 is 0 Å². The van der Waals surface area contributed by atoms with Gasteiger partial charge < -0.3 is 4.74 Å². The van der Waals surface area contributed by atoms with Gasteiger partial charge in [0, 0.05) is 4.90 Å². The number of hydrogen-bond acceptors (Lipinski definition) is 5. The van der Waals surface area contributed by atoms with Gasteiger partial charge in [0.05, 0.1) is 13.7 Å². The van der Waals surface area contributed by atoms with Crippen LogP contribution in [0.3, 0.4) is 0 Å². The molecule has 0 radical (unpaired) electrons. The highest BCUT2D eigenvalue weighted by atomic mass is 32.2. The van der Waals surface area contributed by atoms with E-state index in [1.165, 1.54) is 16.4 Å². The van der Waals surface area contributed by atoms with E-state index in [1.54, 1.807) is 13.2 Å². The van der Waals surface area contributed by atoms with Crippen LogP contribution in [0.25, 0.3) is 10.8 Å². The maximum Gasteiger partial charge on any atom is 0.285 e. The van der Waals surface area contributed by atoms with Gasteiger partial charge in [-0.3, -0.25) is 4.79 Å². The van der Waals surface area contributed by atoms with E-state index in [0.717, 1.165) is 27.0 Å². The van der Waals surface area contributed by atoms with E-state index in [-0.39, 0.29) is 12.1 Å². The molecule has 4 rings (SSSR count). The van der Waals surface area contributed by atoms with Gasteiger partial charge in [-0.05, 0) is 46.7 Å². The molecule has 0 N–H and O–H groups in total. The van der Waals surface area contributed by atoms with Crippen LogP contribution in [0.1, 0.15) is 11.1 Å². The summed E-state index contributed by atoms with van der Waals surface area (Å²) < 4.78 is 6.50. The predicted molar refractivity (Wildman–Crippen MR) is 113 cm³/mol. The molecule has 142 valence electrons. The fraction of sp³-hybridized carbons (Fsp3) is 0.0870. The number of hydrogen-bond donors (Lipinski definition) is 0. The Balaban J connectivity index is 1.66. The van der Waals surface area contributed by atoms with Gasteiger partial charge in [-0.1, -0.05) is 54.2 Å². The summed E-state index contributed by atoms with van der Waals surface area (Å²) in [7, 11) is 1.60. The van der Waals surface area contributed by atoms with Crippen LogP contribution >= 0.6 is 11.8 Å². The molecule has 5 nitrogen and oxygen atoms in total. The second-order valence-corrected chi connectivity index (χ2v) is 7.52. The Morgan fingerprint density at radius 3 is 2.52 bits per heavy atom. The molecule has 0 aliphatic carbocycles. The number of methoxy groups -OCH3 is 1.